The number of aliphatic imine (C=N–C) groups is 1. The lowest BCUT2D eigenvalue weighted by atomic mass is 9.84. The number of carboxylic acid groups (broad SMARTS) is 1. The van der Waals surface area contributed by atoms with Gasteiger partial charge < -0.3 is 111 Å². The molecule has 2 fully saturated rings. The van der Waals surface area contributed by atoms with Crippen molar-refractivity contribution >= 4 is 89.0 Å². The minimum atomic E-state index is -5.08. The molecule has 2 aliphatic rings. The van der Waals surface area contributed by atoms with E-state index in [0.29, 0.717) is 0 Å². The summed E-state index contributed by atoms with van der Waals surface area (Å²) in [5.74, 6) is -20.4. The number of halogens is 3. The van der Waals surface area contributed by atoms with Crippen LogP contribution in [0.2, 0.25) is 0 Å². The van der Waals surface area contributed by atoms with Gasteiger partial charge >= 0.3 is 24.2 Å². The molecule has 12 amide bonds. The van der Waals surface area contributed by atoms with Gasteiger partial charge in [-0.2, -0.15) is 13.2 Å². The number of alkyl halides is 3. The summed E-state index contributed by atoms with van der Waals surface area (Å²) in [6.45, 7) is 16.5. The lowest BCUT2D eigenvalue weighted by Gasteiger charge is -2.34. The topological polar surface area (TPSA) is 581 Å². The maximum atomic E-state index is 15.6. The maximum Gasteiger partial charge on any atom is 0.490 e. The van der Waals surface area contributed by atoms with Crippen LogP contribution in [0.4, 0.5) is 18.0 Å². The summed E-state index contributed by atoms with van der Waals surface area (Å²) in [7, 11) is 0. The molecule has 36 nitrogen and oxygen atoms in total. The van der Waals surface area contributed by atoms with Gasteiger partial charge in [-0.15, -0.1) is 0 Å². The van der Waals surface area contributed by atoms with Crippen molar-refractivity contribution in [3.05, 3.63) is 35.9 Å². The number of aliphatic hydroxyl groups excluding tert-OH is 4. The number of alkyl carbamates (subject to hydrolysis) is 1. The first-order valence-electron chi connectivity index (χ1n) is 35.3. The minimum absolute atomic E-state index is 0.0177. The summed E-state index contributed by atoms with van der Waals surface area (Å²) in [4.78, 5) is 199. The Morgan fingerprint density at radius 1 is 0.654 bits per heavy atom. The number of aliphatic hydroxyl groups is 4. The number of ether oxygens (including phenoxy) is 2. The first-order valence-corrected chi connectivity index (χ1v) is 35.3. The Labute approximate surface area is 618 Å². The molecule has 1 heterocycles. The Kier molecular flexibility index (Phi) is 39.0. The van der Waals surface area contributed by atoms with Gasteiger partial charge in [0.1, 0.15) is 60.0 Å². The van der Waals surface area contributed by atoms with E-state index in [1.54, 1.807) is 62.3 Å². The molecular formula is C68H110F3N15O21. The monoisotopic (exact) mass is 1530 g/mol. The fraction of sp³-hybridized carbons (Fsp3) is 0.691. The first kappa shape index (κ1) is 93.6. The Balaban J connectivity index is 0.00000527. The van der Waals surface area contributed by atoms with Crippen LogP contribution in [0.1, 0.15) is 165 Å². The summed E-state index contributed by atoms with van der Waals surface area (Å²) in [6.07, 6.45) is -10.2. The number of carboxylic acids is 1. The molecule has 15 atom stereocenters. The second kappa shape index (κ2) is 44.6. The van der Waals surface area contributed by atoms with Gasteiger partial charge in [0.05, 0.1) is 25.4 Å². The maximum absolute atomic E-state index is 15.6. The number of rotatable bonds is 24. The van der Waals surface area contributed by atoms with E-state index in [4.69, 9.17) is 36.6 Å². The van der Waals surface area contributed by atoms with E-state index in [2.05, 4.69) is 52.8 Å². The predicted octanol–water partition coefficient (Wildman–Crippen LogP) is -2.31. The van der Waals surface area contributed by atoms with Crippen LogP contribution in [0.5, 0.6) is 0 Å². The van der Waals surface area contributed by atoms with E-state index in [0.717, 1.165) is 39.0 Å². The fourth-order valence-electron chi connectivity index (χ4n) is 11.1. The van der Waals surface area contributed by atoms with E-state index in [9.17, 15) is 81.5 Å². The summed E-state index contributed by atoms with van der Waals surface area (Å²) in [5.41, 5.74) is 15.4. The molecule has 3 rings (SSSR count). The van der Waals surface area contributed by atoms with E-state index in [1.807, 2.05) is 10.6 Å². The Hall–Kier alpha value is -9.50. The van der Waals surface area contributed by atoms with Crippen molar-refractivity contribution in [2.75, 3.05) is 19.7 Å². The predicted molar refractivity (Wildman–Crippen MR) is 377 cm³/mol. The molecule has 0 spiro atoms. The molecule has 107 heavy (non-hydrogen) atoms. The van der Waals surface area contributed by atoms with Crippen molar-refractivity contribution < 1.29 is 115 Å². The number of hydrogen-bond acceptors (Lipinski definition) is 21. The number of aliphatic carboxylic acids is 1. The van der Waals surface area contributed by atoms with Crippen molar-refractivity contribution in [3.63, 3.8) is 0 Å². The molecule has 0 radical (unpaired) electrons. The van der Waals surface area contributed by atoms with Crippen LogP contribution in [0.3, 0.4) is 0 Å². The van der Waals surface area contributed by atoms with Crippen molar-refractivity contribution in [2.45, 2.75) is 250 Å². The van der Waals surface area contributed by atoms with Gasteiger partial charge in [-0.3, -0.25) is 57.7 Å². The molecule has 0 aromatic heterocycles. The third kappa shape index (κ3) is 33.0. The summed E-state index contributed by atoms with van der Waals surface area (Å²) in [6, 6.07) is -11.3. The molecule has 1 saturated heterocycles. The Morgan fingerprint density at radius 3 is 1.71 bits per heavy atom. The van der Waals surface area contributed by atoms with Crippen LogP contribution in [-0.2, 0) is 71.8 Å². The van der Waals surface area contributed by atoms with Gasteiger partial charge in [0.15, 0.2) is 24.2 Å². The third-order valence-corrected chi connectivity index (χ3v) is 16.9. The second-order valence-corrected chi connectivity index (χ2v) is 28.6. The molecular weight excluding hydrogens is 1420 g/mol. The number of carbonyl (C=O) groups excluding carboxylic acids is 13. The van der Waals surface area contributed by atoms with Crippen molar-refractivity contribution in [3.8, 4) is 0 Å². The highest BCUT2D eigenvalue weighted by atomic mass is 19.4. The smallest absolute Gasteiger partial charge is 0.475 e. The number of esters is 1. The number of nitrogens with two attached hydrogens (primary N) is 3. The zero-order chi connectivity index (χ0) is 81.5. The molecule has 1 saturated carbocycles. The molecule has 1 aliphatic heterocycles. The van der Waals surface area contributed by atoms with Gasteiger partial charge in [0, 0.05) is 6.54 Å². The number of nitrogens with one attached hydrogen (secondary N) is 11. The fourth-order valence-corrected chi connectivity index (χ4v) is 11.1. The van der Waals surface area contributed by atoms with Crippen LogP contribution >= 0.6 is 0 Å². The number of cyclic esters (lactones) is 1. The number of carbonyl (C=O) groups is 14. The standard InChI is InChI=1S/C66H109N15O19.C2HF3O2/c1-13-35(8)45-59(93)79-46(36(9)83)58(92)71-30-44(84)77-48(51(86)53(67)87)61(95)75-43(31-82)63(97)99-52(38-23-18-15-19-24-38)49(81-57(91)41(28-33(4)5)73-56(90)42(29-37-21-16-14-17-22-37)76-65(98)100-66(10,11)12)62(96)80-47(50(85)34(6)7)60(94)74-40(27-32(2)3)55(89)72-39(54(88)78-45)25-20-26-70-64(68)69;3-2(4,5)1(6)7/h15,18-19,23-24,32-37,39-43,45-52,82-83,85-86H,13-14,16-17,20-22,25-31H2,1-12H3,(H2,67,87)(H,71,92)(H,72,89)(H,73,90)(H,74,94)(H,75,95)(H,76,98)(H,77,84)(H,78,88)(H,79,93)(H,80,96)(H,81,91)(H4,68,69,70);(H,6,7)/t35-,36-,39+,40-,41-,42-,43-,45?,46?,47-,48-,49-,50+,51-,52+;/m0./s1. The highest BCUT2D eigenvalue weighted by Gasteiger charge is 2.45. The van der Waals surface area contributed by atoms with Crippen molar-refractivity contribution in [2.24, 2.45) is 51.8 Å². The molecule has 1 aromatic carbocycles. The summed E-state index contributed by atoms with van der Waals surface area (Å²) in [5, 5.41) is 78.5. The molecule has 2 unspecified atom stereocenters. The number of hydrogen-bond donors (Lipinski definition) is 19. The lowest BCUT2D eigenvalue weighted by Crippen LogP contribution is -2.64. The zero-order valence-electron chi connectivity index (χ0n) is 62.3. The first-order chi connectivity index (χ1) is 49.7. The average molecular weight is 1530 g/mol. The van der Waals surface area contributed by atoms with E-state index in [-0.39, 0.29) is 62.5 Å². The van der Waals surface area contributed by atoms with Gasteiger partial charge in [0.25, 0.3) is 0 Å². The number of benzene rings is 1. The molecule has 22 N–H and O–H groups in total. The number of guanidine groups is 1. The Morgan fingerprint density at radius 2 is 1.20 bits per heavy atom. The van der Waals surface area contributed by atoms with Crippen LogP contribution in [0.15, 0.2) is 35.3 Å². The van der Waals surface area contributed by atoms with Crippen LogP contribution in [0.25, 0.3) is 0 Å². The second-order valence-electron chi connectivity index (χ2n) is 28.6. The highest BCUT2D eigenvalue weighted by molar-refractivity contribution is 6.00. The van der Waals surface area contributed by atoms with Crippen LogP contribution in [-0.4, -0.2) is 225 Å². The van der Waals surface area contributed by atoms with Gasteiger partial charge in [-0.25, -0.2) is 14.4 Å². The molecule has 1 aromatic rings. The number of amides is 12. The quantitative estimate of drug-likeness (QED) is 0.0224. The Bertz CT molecular complexity index is 3200. The van der Waals surface area contributed by atoms with Crippen LogP contribution < -0.4 is 75.7 Å². The highest BCUT2D eigenvalue weighted by Crippen LogP contribution is 2.29. The lowest BCUT2D eigenvalue weighted by molar-refractivity contribution is -0.192. The number of primary amides is 1. The molecule has 1 aliphatic carbocycles. The zero-order valence-corrected chi connectivity index (χ0v) is 62.3. The summed E-state index contributed by atoms with van der Waals surface area (Å²) < 4.78 is 43.3. The molecule has 0 bridgehead atoms. The van der Waals surface area contributed by atoms with Crippen LogP contribution in [0, 0.1) is 29.6 Å². The van der Waals surface area contributed by atoms with E-state index in [1.165, 1.54) is 44.2 Å². The van der Waals surface area contributed by atoms with E-state index >= 15 is 14.4 Å². The van der Waals surface area contributed by atoms with Crippen molar-refractivity contribution in [1.82, 2.24) is 58.5 Å². The van der Waals surface area contributed by atoms with Crippen molar-refractivity contribution in [1.29, 1.82) is 0 Å². The normalized spacial score (nSPS) is 23.7. The number of nitrogens with zero attached hydrogens (tertiary/aromatic N) is 1. The van der Waals surface area contributed by atoms with Gasteiger partial charge in [0.2, 0.25) is 65.0 Å². The van der Waals surface area contributed by atoms with E-state index < -0.39 is 216 Å². The van der Waals surface area contributed by atoms with Gasteiger partial charge in [-0.1, -0.05) is 124 Å². The minimum Gasteiger partial charge on any atom is -0.475 e. The average Bonchev–Trinajstić information content (AvgIpc) is 0.812. The largest absolute Gasteiger partial charge is 0.490 e. The van der Waals surface area contributed by atoms with Gasteiger partial charge in [-0.05, 0) is 95.0 Å². The molecule has 39 heteroatoms. The SMILES string of the molecule is CC[C@H](C)C1NC(=O)[C@@H](CCCN=C(N)N)NC(=O)[C@H](CC(C)C)NC(=O)[C@H]([C@H](O)C(C)C)NC(=O)[C@@H](NC(=O)[C@H](CC(C)C)NC(=O)[C@H](CC2CCCCC2)NC(=O)OC(C)(C)C)[C@@H](c2ccccc2)OC(=O)[C@H](CO)NC(=O)[C@H]([C@H](O)C(N)=O)NC(=O)CNC(=O)C([C@H](C)O)NC1=O.O=C(O)C(F)(F)F. The third-order valence-electron chi connectivity index (χ3n) is 16.9. The summed E-state index contributed by atoms with van der Waals surface area (Å²) >= 11 is 0. The molecule has 604 valence electrons.